The summed E-state index contributed by atoms with van der Waals surface area (Å²) in [5, 5.41) is 26.3. The molecule has 3 N–H and O–H groups in total. The maximum atomic E-state index is 10.3. The van der Waals surface area contributed by atoms with Gasteiger partial charge in [-0.1, -0.05) is 6.92 Å². The number of carboxylic acids is 1. The lowest BCUT2D eigenvalue weighted by atomic mass is 9.95. The molecule has 0 bridgehead atoms. The van der Waals surface area contributed by atoms with Crippen LogP contribution in [-0.2, 0) is 4.79 Å². The summed E-state index contributed by atoms with van der Waals surface area (Å²) in [5.41, 5.74) is -1.99. The minimum absolute atomic E-state index is 0. The lowest BCUT2D eigenvalue weighted by molar-refractivity contribution is -0.170. The second-order valence-corrected chi connectivity index (χ2v) is 2.26. The van der Waals surface area contributed by atoms with Crippen LogP contribution in [-0.4, -0.2) is 33.0 Å². The molecule has 0 aliphatic carbocycles. The van der Waals surface area contributed by atoms with Gasteiger partial charge in [0.1, 0.15) is 0 Å². The third-order valence-corrected chi connectivity index (χ3v) is 1.60. The van der Waals surface area contributed by atoms with Crippen LogP contribution in [0.5, 0.6) is 0 Å². The van der Waals surface area contributed by atoms with Crippen LogP contribution < -0.4 is 0 Å². The molecule has 0 saturated carbocycles. The van der Waals surface area contributed by atoms with Gasteiger partial charge in [-0.2, -0.15) is 0 Å². The lowest BCUT2D eigenvalue weighted by Gasteiger charge is -2.24. The largest absolute Gasteiger partial charge is 0.479 e. The van der Waals surface area contributed by atoms with E-state index in [4.69, 9.17) is 15.3 Å². The van der Waals surface area contributed by atoms with Crippen molar-refractivity contribution in [2.24, 2.45) is 0 Å². The van der Waals surface area contributed by atoms with E-state index in [0.29, 0.717) is 0 Å². The van der Waals surface area contributed by atoms with Crippen LogP contribution in [0.25, 0.3) is 0 Å². The summed E-state index contributed by atoms with van der Waals surface area (Å²) in [6, 6.07) is 0. The van der Waals surface area contributed by atoms with Crippen molar-refractivity contribution in [1.82, 2.24) is 0 Å². The van der Waals surface area contributed by atoms with Gasteiger partial charge in [-0.15, -0.1) is 0 Å². The van der Waals surface area contributed by atoms with Crippen molar-refractivity contribution in [2.45, 2.75) is 32.0 Å². The van der Waals surface area contributed by atoms with Gasteiger partial charge in [-0.25, -0.2) is 4.79 Å². The first kappa shape index (κ1) is 9.39. The van der Waals surface area contributed by atoms with Crippen molar-refractivity contribution in [1.29, 1.82) is 0 Å². The molecule has 0 aliphatic heterocycles. The summed E-state index contributed by atoms with van der Waals surface area (Å²) >= 11 is 0. The van der Waals surface area contributed by atoms with Crippen LogP contribution in [0.1, 0.15) is 20.3 Å². The first-order valence-electron chi connectivity index (χ1n) is 3.09. The average molecular weight is 148 g/mol. The molecule has 0 heterocycles. The maximum Gasteiger partial charge on any atom is 0.338 e. The van der Waals surface area contributed by atoms with Gasteiger partial charge in [0.05, 0.1) is 6.10 Å². The van der Waals surface area contributed by atoms with E-state index >= 15 is 0 Å². The van der Waals surface area contributed by atoms with Crippen molar-refractivity contribution >= 4 is 5.97 Å². The molecule has 0 spiro atoms. The number of aliphatic hydroxyl groups is 2. The van der Waals surface area contributed by atoms with Crippen molar-refractivity contribution in [3.8, 4) is 0 Å². The van der Waals surface area contributed by atoms with Gasteiger partial charge in [0.15, 0.2) is 5.60 Å². The Balaban J connectivity index is 4.38. The minimum atomic E-state index is -1.99. The molecule has 0 aromatic carbocycles. The Hall–Kier alpha value is -0.610. The zero-order chi connectivity index (χ0) is 8.36. The molecule has 0 aromatic heterocycles. The van der Waals surface area contributed by atoms with E-state index in [0.717, 1.165) is 0 Å². The quantitative estimate of drug-likeness (QED) is 0.508. The van der Waals surface area contributed by atoms with Crippen molar-refractivity contribution in [3.05, 3.63) is 0 Å². The fourth-order valence-corrected chi connectivity index (χ4v) is 0.625. The molecule has 0 radical (unpaired) electrons. The second-order valence-electron chi connectivity index (χ2n) is 2.26. The summed E-state index contributed by atoms with van der Waals surface area (Å²) in [6.07, 6.45) is -1.24. The molecule has 10 heavy (non-hydrogen) atoms. The van der Waals surface area contributed by atoms with Crippen LogP contribution >= 0.6 is 0 Å². The highest BCUT2D eigenvalue weighted by Gasteiger charge is 2.38. The van der Waals surface area contributed by atoms with Crippen LogP contribution in [0.15, 0.2) is 0 Å². The van der Waals surface area contributed by atoms with E-state index in [1.807, 2.05) is 0 Å². The standard InChI is InChI=1S/C6H12O4/c1-3-6(10,4(2)7)5(8)9/h4,7,10H,3H2,1-2H3,(H,8,9)/t4-,6-/m0/s1. The highest BCUT2D eigenvalue weighted by Crippen LogP contribution is 2.14. The van der Waals surface area contributed by atoms with Gasteiger partial charge in [-0.3, -0.25) is 0 Å². The van der Waals surface area contributed by atoms with Crippen LogP contribution in [0.4, 0.5) is 0 Å². The Kier molecular flexibility index (Phi) is 2.80. The Morgan fingerprint density at radius 3 is 2.10 bits per heavy atom. The van der Waals surface area contributed by atoms with E-state index in [-0.39, 0.29) is 6.42 Å². The molecule has 0 aliphatic rings. The molecular weight excluding hydrogens is 136 g/mol. The normalized spacial score (nSPS) is 19.6. The molecule has 0 rings (SSSR count). The molecule has 60 valence electrons. The molecule has 2 atom stereocenters. The van der Waals surface area contributed by atoms with E-state index in [1.54, 1.807) is 0 Å². The topological polar surface area (TPSA) is 77.8 Å². The molecule has 0 saturated heterocycles. The van der Waals surface area contributed by atoms with Crippen LogP contribution in [0.2, 0.25) is 0 Å². The Morgan fingerprint density at radius 2 is 2.10 bits per heavy atom. The molecule has 0 unspecified atom stereocenters. The van der Waals surface area contributed by atoms with Crippen molar-refractivity contribution in [2.75, 3.05) is 0 Å². The number of hydrogen-bond donors (Lipinski definition) is 3. The van der Waals surface area contributed by atoms with Crippen LogP contribution in [0, 0.1) is 0 Å². The number of hydrogen-bond acceptors (Lipinski definition) is 3. The molecule has 0 amide bonds. The summed E-state index contributed by atoms with van der Waals surface area (Å²) in [4.78, 5) is 10.3. The Labute approximate surface area is 59.1 Å². The summed E-state index contributed by atoms with van der Waals surface area (Å²) in [7, 11) is 0. The van der Waals surface area contributed by atoms with Gasteiger partial charge in [0.2, 0.25) is 0 Å². The van der Waals surface area contributed by atoms with E-state index in [1.165, 1.54) is 13.8 Å². The summed E-state index contributed by atoms with van der Waals surface area (Å²) in [5.74, 6) is -1.38. The number of carboxylic acid groups (broad SMARTS) is 1. The fourth-order valence-electron chi connectivity index (χ4n) is 0.625. The highest BCUT2D eigenvalue weighted by atomic mass is 16.4. The minimum Gasteiger partial charge on any atom is -0.479 e. The third-order valence-electron chi connectivity index (χ3n) is 1.60. The van der Waals surface area contributed by atoms with Gasteiger partial charge >= 0.3 is 5.97 Å². The van der Waals surface area contributed by atoms with E-state index in [9.17, 15) is 4.79 Å². The smallest absolute Gasteiger partial charge is 0.338 e. The zero-order valence-corrected chi connectivity index (χ0v) is 6.03. The van der Waals surface area contributed by atoms with Gasteiger partial charge < -0.3 is 15.3 Å². The van der Waals surface area contributed by atoms with Gasteiger partial charge in [0, 0.05) is 0 Å². The number of aliphatic hydroxyl groups excluding tert-OH is 1. The number of carbonyl (C=O) groups is 1. The monoisotopic (exact) mass is 148 g/mol. The molecular formula is C6H12O4. The molecule has 0 aromatic rings. The first-order valence-corrected chi connectivity index (χ1v) is 3.09. The fraction of sp³-hybridized carbons (Fsp3) is 0.833. The second kappa shape index (κ2) is 2.98. The number of aliphatic carboxylic acids is 1. The lowest BCUT2D eigenvalue weighted by Crippen LogP contribution is -2.47. The first-order chi connectivity index (χ1) is 4.45. The van der Waals surface area contributed by atoms with E-state index < -0.39 is 17.7 Å². The van der Waals surface area contributed by atoms with Gasteiger partial charge in [-0.05, 0) is 13.3 Å². The third kappa shape index (κ3) is 1.46. The maximum absolute atomic E-state index is 10.3. The summed E-state index contributed by atoms with van der Waals surface area (Å²) < 4.78 is 0. The van der Waals surface area contributed by atoms with Crippen molar-refractivity contribution in [3.63, 3.8) is 0 Å². The molecule has 0 fully saturated rings. The van der Waals surface area contributed by atoms with Crippen molar-refractivity contribution < 1.29 is 20.1 Å². The average Bonchev–Trinajstić information content (AvgIpc) is 1.85. The van der Waals surface area contributed by atoms with Gasteiger partial charge in [0.25, 0.3) is 0 Å². The summed E-state index contributed by atoms with van der Waals surface area (Å²) in [6.45, 7) is 2.75. The predicted octanol–water partition coefficient (Wildman–Crippen LogP) is -0.407. The van der Waals surface area contributed by atoms with Crippen LogP contribution in [0.3, 0.4) is 0 Å². The molecule has 4 heteroatoms. The Bertz CT molecular complexity index is 132. The highest BCUT2D eigenvalue weighted by molar-refractivity contribution is 5.77. The Morgan fingerprint density at radius 1 is 1.70 bits per heavy atom. The number of rotatable bonds is 3. The predicted molar refractivity (Wildman–Crippen MR) is 34.6 cm³/mol. The zero-order valence-electron chi connectivity index (χ0n) is 6.03. The molecule has 4 nitrogen and oxygen atoms in total. The SMILES string of the molecule is CC[C@@](O)(C(=O)O)[C@H](C)O. The van der Waals surface area contributed by atoms with E-state index in [2.05, 4.69) is 0 Å².